The average Bonchev–Trinajstić information content (AvgIpc) is 3.25. The number of nitrogens with zero attached hydrogens (tertiary/aromatic N) is 2. The van der Waals surface area contributed by atoms with Gasteiger partial charge in [-0.25, -0.2) is 9.37 Å². The first-order chi connectivity index (χ1) is 16.0. The number of anilines is 1. The van der Waals surface area contributed by atoms with Gasteiger partial charge >= 0.3 is 0 Å². The van der Waals surface area contributed by atoms with E-state index in [9.17, 15) is 14.0 Å². The summed E-state index contributed by atoms with van der Waals surface area (Å²) in [5.74, 6) is -0.412. The maximum absolute atomic E-state index is 13.0. The van der Waals surface area contributed by atoms with Gasteiger partial charge in [0.2, 0.25) is 11.8 Å². The number of amides is 2. The monoisotopic (exact) mass is 466 g/mol. The first-order valence-corrected chi connectivity index (χ1v) is 11.9. The van der Waals surface area contributed by atoms with Crippen LogP contribution in [0.5, 0.6) is 0 Å². The molecule has 2 amide bonds. The summed E-state index contributed by atoms with van der Waals surface area (Å²) < 4.78 is 13.0. The van der Waals surface area contributed by atoms with Crippen LogP contribution < -0.4 is 10.6 Å². The predicted octanol–water partition coefficient (Wildman–Crippen LogP) is 4.22. The van der Waals surface area contributed by atoms with Gasteiger partial charge in [-0.3, -0.25) is 14.5 Å². The van der Waals surface area contributed by atoms with Crippen LogP contribution in [-0.4, -0.2) is 41.3 Å². The highest BCUT2D eigenvalue weighted by Gasteiger charge is 2.25. The molecule has 0 radical (unpaired) electrons. The van der Waals surface area contributed by atoms with Crippen LogP contribution in [0.2, 0.25) is 0 Å². The third-order valence-electron chi connectivity index (χ3n) is 5.77. The van der Waals surface area contributed by atoms with Crippen LogP contribution in [0.3, 0.4) is 0 Å². The van der Waals surface area contributed by atoms with E-state index in [-0.39, 0.29) is 23.5 Å². The van der Waals surface area contributed by atoms with Crippen LogP contribution in [0, 0.1) is 18.7 Å². The Bertz CT molecular complexity index is 1110. The minimum absolute atomic E-state index is 0.0116. The Hall–Kier alpha value is -3.10. The van der Waals surface area contributed by atoms with E-state index in [1.54, 1.807) is 23.5 Å². The zero-order chi connectivity index (χ0) is 23.2. The third-order valence-corrected chi connectivity index (χ3v) is 6.54. The van der Waals surface area contributed by atoms with Crippen molar-refractivity contribution in [2.45, 2.75) is 26.3 Å². The third kappa shape index (κ3) is 6.46. The number of halogens is 1. The molecular weight excluding hydrogens is 439 g/mol. The normalized spacial score (nSPS) is 14.7. The first kappa shape index (κ1) is 23.1. The Kier molecular flexibility index (Phi) is 7.47. The number of aryl methyl sites for hydroxylation is 1. The Balaban J connectivity index is 1.21. The number of hydrogen-bond donors (Lipinski definition) is 2. The fourth-order valence-electron chi connectivity index (χ4n) is 3.94. The van der Waals surface area contributed by atoms with Crippen molar-refractivity contribution in [3.63, 3.8) is 0 Å². The van der Waals surface area contributed by atoms with Gasteiger partial charge in [0, 0.05) is 29.1 Å². The number of likely N-dealkylation sites (tertiary alicyclic amines) is 1. The number of hydrogen-bond acceptors (Lipinski definition) is 5. The SMILES string of the molecule is Cc1nc(-c2cccc(NC(=O)CN3CCC(C(=O)NCc4ccc(F)cc4)CC3)c2)cs1. The highest BCUT2D eigenvalue weighted by Crippen LogP contribution is 2.24. The number of thiazole rings is 1. The van der Waals surface area contributed by atoms with Gasteiger partial charge in [0.1, 0.15) is 5.82 Å². The van der Waals surface area contributed by atoms with Crippen molar-refractivity contribution in [1.29, 1.82) is 0 Å². The van der Waals surface area contributed by atoms with E-state index in [1.165, 1.54) is 12.1 Å². The lowest BCUT2D eigenvalue weighted by molar-refractivity contribution is -0.126. The van der Waals surface area contributed by atoms with E-state index in [0.29, 0.717) is 39.0 Å². The van der Waals surface area contributed by atoms with Crippen LogP contribution in [0.4, 0.5) is 10.1 Å². The molecule has 1 aromatic heterocycles. The molecule has 3 aromatic rings. The second-order valence-corrected chi connectivity index (χ2v) is 9.34. The van der Waals surface area contributed by atoms with Crippen LogP contribution in [-0.2, 0) is 16.1 Å². The van der Waals surface area contributed by atoms with Gasteiger partial charge in [-0.15, -0.1) is 11.3 Å². The molecule has 4 rings (SSSR count). The van der Waals surface area contributed by atoms with Gasteiger partial charge in [0.05, 0.1) is 17.2 Å². The summed E-state index contributed by atoms with van der Waals surface area (Å²) in [7, 11) is 0. The molecule has 6 nitrogen and oxygen atoms in total. The van der Waals surface area contributed by atoms with Gasteiger partial charge in [-0.05, 0) is 62.7 Å². The smallest absolute Gasteiger partial charge is 0.238 e. The number of piperidine rings is 1. The molecule has 33 heavy (non-hydrogen) atoms. The molecule has 0 aliphatic carbocycles. The minimum atomic E-state index is -0.288. The summed E-state index contributed by atoms with van der Waals surface area (Å²) in [6, 6.07) is 13.8. The summed E-state index contributed by atoms with van der Waals surface area (Å²) in [4.78, 5) is 31.6. The number of carbonyl (C=O) groups excluding carboxylic acids is 2. The molecule has 0 bridgehead atoms. The molecule has 0 atom stereocenters. The zero-order valence-corrected chi connectivity index (χ0v) is 19.3. The van der Waals surface area contributed by atoms with Crippen molar-refractivity contribution < 1.29 is 14.0 Å². The van der Waals surface area contributed by atoms with Gasteiger partial charge in [-0.2, -0.15) is 0 Å². The summed E-state index contributed by atoms with van der Waals surface area (Å²) >= 11 is 1.60. The molecule has 2 N–H and O–H groups in total. The van der Waals surface area contributed by atoms with Crippen LogP contribution in [0.15, 0.2) is 53.9 Å². The predicted molar refractivity (Wildman–Crippen MR) is 128 cm³/mol. The molecule has 1 aliphatic heterocycles. The molecule has 2 heterocycles. The maximum Gasteiger partial charge on any atom is 0.238 e. The Morgan fingerprint density at radius 1 is 1.15 bits per heavy atom. The fourth-order valence-corrected chi connectivity index (χ4v) is 4.57. The molecule has 0 saturated carbocycles. The molecule has 1 fully saturated rings. The van der Waals surface area contributed by atoms with Crippen molar-refractivity contribution in [1.82, 2.24) is 15.2 Å². The maximum atomic E-state index is 13.0. The molecule has 2 aromatic carbocycles. The van der Waals surface area contributed by atoms with Gasteiger partial charge in [0.25, 0.3) is 0 Å². The lowest BCUT2D eigenvalue weighted by Crippen LogP contribution is -2.43. The van der Waals surface area contributed by atoms with Crippen molar-refractivity contribution in [2.24, 2.45) is 5.92 Å². The van der Waals surface area contributed by atoms with Crippen molar-refractivity contribution in [2.75, 3.05) is 25.0 Å². The quantitative estimate of drug-likeness (QED) is 0.547. The molecule has 0 spiro atoms. The van der Waals surface area contributed by atoms with Crippen molar-refractivity contribution in [3.05, 3.63) is 70.3 Å². The van der Waals surface area contributed by atoms with Crippen LogP contribution in [0.1, 0.15) is 23.4 Å². The van der Waals surface area contributed by atoms with E-state index in [4.69, 9.17) is 0 Å². The molecule has 1 aliphatic rings. The van der Waals surface area contributed by atoms with Gasteiger partial charge < -0.3 is 10.6 Å². The summed E-state index contributed by atoms with van der Waals surface area (Å²) in [5.41, 5.74) is 3.50. The fraction of sp³-hybridized carbons (Fsp3) is 0.320. The highest BCUT2D eigenvalue weighted by atomic mass is 32.1. The second-order valence-electron chi connectivity index (χ2n) is 8.28. The van der Waals surface area contributed by atoms with E-state index >= 15 is 0 Å². The number of benzene rings is 2. The minimum Gasteiger partial charge on any atom is -0.352 e. The van der Waals surface area contributed by atoms with Gasteiger partial charge in [0.15, 0.2) is 0 Å². The number of carbonyl (C=O) groups is 2. The standard InChI is InChI=1S/C25H27FN4O2S/c1-17-28-23(16-33-17)20-3-2-4-22(13-20)29-24(31)15-30-11-9-19(10-12-30)25(32)27-14-18-5-7-21(26)8-6-18/h2-8,13,16,19H,9-12,14-15H2,1H3,(H,27,32)(H,29,31). The zero-order valence-electron chi connectivity index (χ0n) is 18.5. The van der Waals surface area contributed by atoms with Crippen molar-refractivity contribution >= 4 is 28.8 Å². The Morgan fingerprint density at radius 3 is 2.61 bits per heavy atom. The Morgan fingerprint density at radius 2 is 1.91 bits per heavy atom. The van der Waals surface area contributed by atoms with E-state index in [2.05, 4.69) is 20.5 Å². The van der Waals surface area contributed by atoms with Crippen molar-refractivity contribution in [3.8, 4) is 11.3 Å². The van der Waals surface area contributed by atoms with E-state index in [0.717, 1.165) is 27.5 Å². The number of nitrogens with one attached hydrogen (secondary N) is 2. The topological polar surface area (TPSA) is 74.3 Å². The molecule has 0 unspecified atom stereocenters. The van der Waals surface area contributed by atoms with E-state index in [1.807, 2.05) is 36.6 Å². The number of aromatic nitrogens is 1. The number of rotatable bonds is 7. The largest absolute Gasteiger partial charge is 0.352 e. The molecule has 8 heteroatoms. The average molecular weight is 467 g/mol. The van der Waals surface area contributed by atoms with Gasteiger partial charge in [-0.1, -0.05) is 24.3 Å². The summed E-state index contributed by atoms with van der Waals surface area (Å²) in [6.07, 6.45) is 1.42. The molecule has 1 saturated heterocycles. The molecular formula is C25H27FN4O2S. The summed E-state index contributed by atoms with van der Waals surface area (Å²) in [6.45, 7) is 4.05. The van der Waals surface area contributed by atoms with Crippen LogP contribution >= 0.6 is 11.3 Å². The molecule has 172 valence electrons. The van der Waals surface area contributed by atoms with Crippen LogP contribution in [0.25, 0.3) is 11.3 Å². The summed E-state index contributed by atoms with van der Waals surface area (Å²) in [5, 5.41) is 8.92. The lowest BCUT2D eigenvalue weighted by Gasteiger charge is -2.30. The Labute approximate surface area is 196 Å². The highest BCUT2D eigenvalue weighted by molar-refractivity contribution is 7.09. The first-order valence-electron chi connectivity index (χ1n) is 11.0. The second kappa shape index (κ2) is 10.7. The van der Waals surface area contributed by atoms with E-state index < -0.39 is 0 Å². The lowest BCUT2D eigenvalue weighted by atomic mass is 9.96.